The van der Waals surface area contributed by atoms with E-state index in [4.69, 9.17) is 9.47 Å². The summed E-state index contributed by atoms with van der Waals surface area (Å²) in [5.41, 5.74) is 0. The van der Waals surface area contributed by atoms with Gasteiger partial charge in [0.15, 0.2) is 11.6 Å². The summed E-state index contributed by atoms with van der Waals surface area (Å²) < 4.78 is 10.9. The van der Waals surface area contributed by atoms with Gasteiger partial charge in [0.25, 0.3) is 0 Å². The van der Waals surface area contributed by atoms with Crippen molar-refractivity contribution >= 4 is 11.6 Å². The van der Waals surface area contributed by atoms with Gasteiger partial charge < -0.3 is 20.1 Å². The maximum absolute atomic E-state index is 5.47. The van der Waals surface area contributed by atoms with Crippen molar-refractivity contribution in [3.05, 3.63) is 6.33 Å². The number of rotatable bonds is 6. The van der Waals surface area contributed by atoms with E-state index in [1.807, 2.05) is 6.92 Å². The standard InChI is InChI=1S/C13H22N4O2/c1-3-14-12-11(18-2)13(17-9-16-12)15-7-10-5-4-6-19-8-10/h9-10H,3-8H2,1-2H3,(H2,14,15,16,17). The van der Waals surface area contributed by atoms with Crippen LogP contribution in [0.1, 0.15) is 19.8 Å². The van der Waals surface area contributed by atoms with Crippen LogP contribution in [0.3, 0.4) is 0 Å². The summed E-state index contributed by atoms with van der Waals surface area (Å²) >= 11 is 0. The molecule has 0 saturated carbocycles. The molecule has 19 heavy (non-hydrogen) atoms. The lowest BCUT2D eigenvalue weighted by molar-refractivity contribution is 0.0594. The molecule has 2 heterocycles. The van der Waals surface area contributed by atoms with Crippen molar-refractivity contribution < 1.29 is 9.47 Å². The quantitative estimate of drug-likeness (QED) is 0.817. The van der Waals surface area contributed by atoms with Gasteiger partial charge in [-0.1, -0.05) is 0 Å². The highest BCUT2D eigenvalue weighted by Gasteiger charge is 2.16. The highest BCUT2D eigenvalue weighted by molar-refractivity contribution is 5.63. The van der Waals surface area contributed by atoms with Crippen LogP contribution >= 0.6 is 0 Å². The minimum absolute atomic E-state index is 0.538. The minimum atomic E-state index is 0.538. The molecular weight excluding hydrogens is 244 g/mol. The molecule has 0 aliphatic carbocycles. The van der Waals surface area contributed by atoms with Crippen molar-refractivity contribution in [1.29, 1.82) is 0 Å². The Morgan fingerprint density at radius 2 is 2.16 bits per heavy atom. The van der Waals surface area contributed by atoms with Crippen LogP contribution in [0.25, 0.3) is 0 Å². The molecule has 1 aliphatic heterocycles. The van der Waals surface area contributed by atoms with Crippen LogP contribution in [0, 0.1) is 5.92 Å². The Morgan fingerprint density at radius 1 is 1.37 bits per heavy atom. The van der Waals surface area contributed by atoms with Gasteiger partial charge in [-0.15, -0.1) is 0 Å². The molecular formula is C13H22N4O2. The molecule has 0 radical (unpaired) electrons. The van der Waals surface area contributed by atoms with E-state index < -0.39 is 0 Å². The Balaban J connectivity index is 2.00. The summed E-state index contributed by atoms with van der Waals surface area (Å²) in [5, 5.41) is 6.50. The largest absolute Gasteiger partial charge is 0.490 e. The Hall–Kier alpha value is -1.56. The van der Waals surface area contributed by atoms with Crippen molar-refractivity contribution in [2.45, 2.75) is 19.8 Å². The fourth-order valence-electron chi connectivity index (χ4n) is 2.20. The van der Waals surface area contributed by atoms with Crippen LogP contribution in [0.5, 0.6) is 5.75 Å². The number of methoxy groups -OCH3 is 1. The lowest BCUT2D eigenvalue weighted by Crippen LogP contribution is -2.24. The topological polar surface area (TPSA) is 68.3 Å². The smallest absolute Gasteiger partial charge is 0.204 e. The molecule has 1 saturated heterocycles. The fraction of sp³-hybridized carbons (Fsp3) is 0.692. The molecule has 2 N–H and O–H groups in total. The summed E-state index contributed by atoms with van der Waals surface area (Å²) in [6, 6.07) is 0. The molecule has 1 unspecified atom stereocenters. The molecule has 6 nitrogen and oxygen atoms in total. The van der Waals surface area contributed by atoms with Crippen molar-refractivity contribution in [1.82, 2.24) is 9.97 Å². The maximum Gasteiger partial charge on any atom is 0.204 e. The Kier molecular flexibility index (Phi) is 5.20. The van der Waals surface area contributed by atoms with E-state index in [9.17, 15) is 0 Å². The van der Waals surface area contributed by atoms with Crippen LogP contribution in [0.2, 0.25) is 0 Å². The van der Waals surface area contributed by atoms with Gasteiger partial charge in [-0.05, 0) is 25.7 Å². The second-order valence-corrected chi connectivity index (χ2v) is 4.60. The first kappa shape index (κ1) is 13.9. The Labute approximate surface area is 113 Å². The molecule has 0 bridgehead atoms. The first-order valence-corrected chi connectivity index (χ1v) is 6.79. The van der Waals surface area contributed by atoms with Gasteiger partial charge in [0.2, 0.25) is 5.75 Å². The number of nitrogens with zero attached hydrogens (tertiary/aromatic N) is 2. The third-order valence-electron chi connectivity index (χ3n) is 3.16. The van der Waals surface area contributed by atoms with E-state index in [1.54, 1.807) is 13.4 Å². The van der Waals surface area contributed by atoms with Gasteiger partial charge in [-0.2, -0.15) is 0 Å². The number of hydrogen-bond donors (Lipinski definition) is 2. The summed E-state index contributed by atoms with van der Waals surface area (Å²) in [4.78, 5) is 8.43. The number of nitrogens with one attached hydrogen (secondary N) is 2. The summed E-state index contributed by atoms with van der Waals surface area (Å²) in [6.45, 7) is 5.37. The predicted molar refractivity (Wildman–Crippen MR) is 74.8 cm³/mol. The first-order valence-electron chi connectivity index (χ1n) is 6.79. The zero-order valence-electron chi connectivity index (χ0n) is 11.6. The first-order chi connectivity index (χ1) is 9.35. The highest BCUT2D eigenvalue weighted by Crippen LogP contribution is 2.29. The second-order valence-electron chi connectivity index (χ2n) is 4.60. The van der Waals surface area contributed by atoms with Gasteiger partial charge in [-0.25, -0.2) is 9.97 Å². The lowest BCUT2D eigenvalue weighted by Gasteiger charge is -2.23. The fourth-order valence-corrected chi connectivity index (χ4v) is 2.20. The number of ether oxygens (including phenoxy) is 2. The van der Waals surface area contributed by atoms with Gasteiger partial charge >= 0.3 is 0 Å². The second kappa shape index (κ2) is 7.13. The van der Waals surface area contributed by atoms with Gasteiger partial charge in [0, 0.05) is 19.7 Å². The van der Waals surface area contributed by atoms with E-state index in [2.05, 4.69) is 20.6 Å². The molecule has 0 aromatic carbocycles. The van der Waals surface area contributed by atoms with Gasteiger partial charge in [0.05, 0.1) is 13.7 Å². The van der Waals surface area contributed by atoms with E-state index in [0.717, 1.165) is 44.4 Å². The highest BCUT2D eigenvalue weighted by atomic mass is 16.5. The van der Waals surface area contributed by atoms with Gasteiger partial charge in [-0.3, -0.25) is 0 Å². The van der Waals surface area contributed by atoms with Crippen LogP contribution in [-0.2, 0) is 4.74 Å². The predicted octanol–water partition coefficient (Wildman–Crippen LogP) is 1.76. The van der Waals surface area contributed by atoms with Crippen molar-refractivity contribution in [2.24, 2.45) is 5.92 Å². The maximum atomic E-state index is 5.47. The molecule has 2 rings (SSSR count). The molecule has 0 spiro atoms. The van der Waals surface area contributed by atoms with E-state index >= 15 is 0 Å². The summed E-state index contributed by atoms with van der Waals surface area (Å²) in [7, 11) is 1.63. The molecule has 1 aromatic rings. The lowest BCUT2D eigenvalue weighted by atomic mass is 10.0. The molecule has 0 amide bonds. The van der Waals surface area contributed by atoms with Crippen LogP contribution in [0.4, 0.5) is 11.6 Å². The van der Waals surface area contributed by atoms with Crippen molar-refractivity contribution in [3.8, 4) is 5.75 Å². The SMILES string of the molecule is CCNc1ncnc(NCC2CCCOC2)c1OC. The van der Waals surface area contributed by atoms with Crippen LogP contribution in [-0.4, -0.2) is 43.4 Å². The van der Waals surface area contributed by atoms with E-state index in [1.165, 1.54) is 6.42 Å². The third kappa shape index (κ3) is 3.70. The van der Waals surface area contributed by atoms with E-state index in [0.29, 0.717) is 11.7 Å². The molecule has 1 aliphatic rings. The molecule has 6 heteroatoms. The van der Waals surface area contributed by atoms with Crippen LogP contribution < -0.4 is 15.4 Å². The van der Waals surface area contributed by atoms with E-state index in [-0.39, 0.29) is 0 Å². The Morgan fingerprint density at radius 3 is 2.79 bits per heavy atom. The van der Waals surface area contributed by atoms with Crippen molar-refractivity contribution in [3.63, 3.8) is 0 Å². The molecule has 1 fully saturated rings. The normalized spacial score (nSPS) is 18.9. The summed E-state index contributed by atoms with van der Waals surface area (Å²) in [5.74, 6) is 2.67. The zero-order chi connectivity index (χ0) is 13.5. The number of hydrogen-bond acceptors (Lipinski definition) is 6. The average molecular weight is 266 g/mol. The van der Waals surface area contributed by atoms with Gasteiger partial charge in [0.1, 0.15) is 6.33 Å². The summed E-state index contributed by atoms with van der Waals surface area (Å²) in [6.07, 6.45) is 3.87. The minimum Gasteiger partial charge on any atom is -0.490 e. The van der Waals surface area contributed by atoms with Crippen molar-refractivity contribution in [2.75, 3.05) is 44.0 Å². The average Bonchev–Trinajstić information content (AvgIpc) is 2.46. The monoisotopic (exact) mass is 266 g/mol. The third-order valence-corrected chi connectivity index (χ3v) is 3.16. The zero-order valence-corrected chi connectivity index (χ0v) is 11.6. The number of anilines is 2. The Bertz CT molecular complexity index is 394. The van der Waals surface area contributed by atoms with Crippen LogP contribution in [0.15, 0.2) is 6.33 Å². The number of aromatic nitrogens is 2. The molecule has 1 aromatic heterocycles. The molecule has 1 atom stereocenters. The molecule has 106 valence electrons.